The van der Waals surface area contributed by atoms with Crippen LogP contribution in [0.2, 0.25) is 0 Å². The molecule has 21 heavy (non-hydrogen) atoms. The summed E-state index contributed by atoms with van der Waals surface area (Å²) in [6.07, 6.45) is 0. The van der Waals surface area contributed by atoms with E-state index in [0.717, 1.165) is 14.9 Å². The lowest BCUT2D eigenvalue weighted by atomic mass is 10.1. The second-order valence-corrected chi connectivity index (χ2v) is 6.54. The fraction of sp³-hybridized carbons (Fsp3) is 0.200. The Kier molecular flexibility index (Phi) is 4.66. The molecule has 0 aliphatic carbocycles. The van der Waals surface area contributed by atoms with E-state index in [1.54, 1.807) is 18.2 Å². The van der Waals surface area contributed by atoms with Gasteiger partial charge < -0.3 is 10.1 Å². The number of methoxy groups -OCH3 is 1. The summed E-state index contributed by atoms with van der Waals surface area (Å²) < 4.78 is 6.05. The SMILES string of the molecule is COc1cc(Br)ccc1C(=O)Nc1sc(C)c(C)c1C#N. The Hall–Kier alpha value is -1.84. The first-order valence-electron chi connectivity index (χ1n) is 6.13. The van der Waals surface area contributed by atoms with Gasteiger partial charge in [-0.2, -0.15) is 5.26 Å². The molecule has 108 valence electrons. The summed E-state index contributed by atoms with van der Waals surface area (Å²) in [5.74, 6) is 0.183. The van der Waals surface area contributed by atoms with Crippen molar-refractivity contribution < 1.29 is 9.53 Å². The van der Waals surface area contributed by atoms with Gasteiger partial charge in [0, 0.05) is 9.35 Å². The minimum absolute atomic E-state index is 0.294. The zero-order valence-electron chi connectivity index (χ0n) is 11.8. The van der Waals surface area contributed by atoms with Crippen LogP contribution in [0.1, 0.15) is 26.4 Å². The molecule has 2 rings (SSSR count). The third-order valence-corrected chi connectivity index (χ3v) is 4.75. The molecule has 0 bridgehead atoms. The molecule has 0 saturated heterocycles. The summed E-state index contributed by atoms with van der Waals surface area (Å²) in [5, 5.41) is 12.6. The predicted octanol–water partition coefficient (Wildman–Crippen LogP) is 4.26. The monoisotopic (exact) mass is 364 g/mol. The van der Waals surface area contributed by atoms with E-state index in [2.05, 4.69) is 27.3 Å². The molecule has 0 unspecified atom stereocenters. The van der Waals surface area contributed by atoms with E-state index in [1.165, 1.54) is 18.4 Å². The zero-order valence-corrected chi connectivity index (χ0v) is 14.2. The van der Waals surface area contributed by atoms with Gasteiger partial charge in [0.15, 0.2) is 0 Å². The number of carbonyl (C=O) groups excluding carboxylic acids is 1. The molecule has 2 aromatic rings. The third kappa shape index (κ3) is 3.09. The van der Waals surface area contributed by atoms with Crippen LogP contribution in [0.15, 0.2) is 22.7 Å². The van der Waals surface area contributed by atoms with Crippen LogP contribution in [0, 0.1) is 25.2 Å². The number of thiophene rings is 1. The maximum absolute atomic E-state index is 12.4. The number of halogens is 1. The summed E-state index contributed by atoms with van der Waals surface area (Å²) in [7, 11) is 1.51. The Morgan fingerprint density at radius 1 is 1.43 bits per heavy atom. The molecule has 4 nitrogen and oxygen atoms in total. The van der Waals surface area contributed by atoms with E-state index in [-0.39, 0.29) is 5.91 Å². The zero-order chi connectivity index (χ0) is 15.6. The van der Waals surface area contributed by atoms with Gasteiger partial charge >= 0.3 is 0 Å². The number of nitriles is 1. The standard InChI is InChI=1S/C15H13BrN2O2S/c1-8-9(2)21-15(12(8)7-17)18-14(19)11-5-4-10(16)6-13(11)20-3/h4-6H,1-3H3,(H,18,19). The fourth-order valence-electron chi connectivity index (χ4n) is 1.87. The number of benzene rings is 1. The van der Waals surface area contributed by atoms with Gasteiger partial charge in [-0.05, 0) is 37.6 Å². The highest BCUT2D eigenvalue weighted by molar-refractivity contribution is 9.10. The molecular weight excluding hydrogens is 352 g/mol. The highest BCUT2D eigenvalue weighted by atomic mass is 79.9. The van der Waals surface area contributed by atoms with E-state index in [1.807, 2.05) is 13.8 Å². The second-order valence-electron chi connectivity index (χ2n) is 4.40. The predicted molar refractivity (Wildman–Crippen MR) is 87.2 cm³/mol. The largest absolute Gasteiger partial charge is 0.496 e. The number of ether oxygens (including phenoxy) is 1. The molecule has 1 aromatic carbocycles. The molecule has 6 heteroatoms. The van der Waals surface area contributed by atoms with Gasteiger partial charge in [0.1, 0.15) is 16.8 Å². The highest BCUT2D eigenvalue weighted by Crippen LogP contribution is 2.33. The van der Waals surface area contributed by atoms with Crippen LogP contribution in [0.25, 0.3) is 0 Å². The van der Waals surface area contributed by atoms with Gasteiger partial charge in [-0.25, -0.2) is 0 Å². The van der Waals surface area contributed by atoms with Crippen molar-refractivity contribution in [3.63, 3.8) is 0 Å². The Morgan fingerprint density at radius 3 is 2.76 bits per heavy atom. The van der Waals surface area contributed by atoms with Gasteiger partial charge in [0.25, 0.3) is 5.91 Å². The number of aryl methyl sites for hydroxylation is 1. The first-order chi connectivity index (χ1) is 9.97. The molecule has 1 heterocycles. The van der Waals surface area contributed by atoms with E-state index >= 15 is 0 Å². The van der Waals surface area contributed by atoms with Crippen molar-refractivity contribution in [2.24, 2.45) is 0 Å². The van der Waals surface area contributed by atoms with Gasteiger partial charge in [0.2, 0.25) is 0 Å². The Labute approximate surface area is 135 Å². The van der Waals surface area contributed by atoms with Gasteiger partial charge in [-0.3, -0.25) is 4.79 Å². The summed E-state index contributed by atoms with van der Waals surface area (Å²) in [6.45, 7) is 3.80. The van der Waals surface area contributed by atoms with Crippen LogP contribution in [0.4, 0.5) is 5.00 Å². The number of rotatable bonds is 3. The number of nitrogens with zero attached hydrogens (tertiary/aromatic N) is 1. The minimum Gasteiger partial charge on any atom is -0.496 e. The highest BCUT2D eigenvalue weighted by Gasteiger charge is 2.18. The summed E-state index contributed by atoms with van der Waals surface area (Å²) >= 11 is 4.74. The van der Waals surface area contributed by atoms with Crippen LogP contribution < -0.4 is 10.1 Å². The minimum atomic E-state index is -0.294. The molecular formula is C15H13BrN2O2S. The average Bonchev–Trinajstić information content (AvgIpc) is 2.72. The van der Waals surface area contributed by atoms with E-state index in [0.29, 0.717) is 21.9 Å². The molecule has 0 fully saturated rings. The molecule has 0 saturated carbocycles. The normalized spacial score (nSPS) is 10.0. The molecule has 0 aliphatic rings. The summed E-state index contributed by atoms with van der Waals surface area (Å²) in [5.41, 5.74) is 1.84. The number of nitrogens with one attached hydrogen (secondary N) is 1. The van der Waals surface area contributed by atoms with Crippen molar-refractivity contribution in [1.82, 2.24) is 0 Å². The molecule has 0 atom stereocenters. The van der Waals surface area contributed by atoms with Crippen molar-refractivity contribution in [1.29, 1.82) is 5.26 Å². The molecule has 1 N–H and O–H groups in total. The van der Waals surface area contributed by atoms with Crippen LogP contribution in [0.5, 0.6) is 5.75 Å². The fourth-order valence-corrected chi connectivity index (χ4v) is 3.22. The number of hydrogen-bond acceptors (Lipinski definition) is 4. The number of carbonyl (C=O) groups is 1. The molecule has 0 aliphatic heterocycles. The Morgan fingerprint density at radius 2 is 2.14 bits per heavy atom. The van der Waals surface area contributed by atoms with Crippen LogP contribution in [-0.4, -0.2) is 13.0 Å². The van der Waals surface area contributed by atoms with Crippen molar-refractivity contribution in [3.05, 3.63) is 44.2 Å². The smallest absolute Gasteiger partial charge is 0.260 e. The van der Waals surface area contributed by atoms with E-state index in [4.69, 9.17) is 4.74 Å². The van der Waals surface area contributed by atoms with Gasteiger partial charge in [-0.15, -0.1) is 11.3 Å². The maximum atomic E-state index is 12.4. The summed E-state index contributed by atoms with van der Waals surface area (Å²) in [6, 6.07) is 7.31. The molecule has 0 spiro atoms. The first-order valence-corrected chi connectivity index (χ1v) is 7.73. The Balaban J connectivity index is 2.35. The average molecular weight is 365 g/mol. The molecule has 1 aromatic heterocycles. The number of amides is 1. The van der Waals surface area contributed by atoms with Crippen LogP contribution in [0.3, 0.4) is 0 Å². The Bertz CT molecular complexity index is 747. The topological polar surface area (TPSA) is 62.1 Å². The maximum Gasteiger partial charge on any atom is 0.260 e. The van der Waals surface area contributed by atoms with Crippen molar-refractivity contribution in [2.45, 2.75) is 13.8 Å². The van der Waals surface area contributed by atoms with Gasteiger partial charge in [-0.1, -0.05) is 15.9 Å². The number of hydrogen-bond donors (Lipinski definition) is 1. The van der Waals surface area contributed by atoms with Crippen molar-refractivity contribution in [2.75, 3.05) is 12.4 Å². The molecule has 0 radical (unpaired) electrons. The van der Waals surface area contributed by atoms with Gasteiger partial charge in [0.05, 0.1) is 18.2 Å². The lowest BCUT2D eigenvalue weighted by Crippen LogP contribution is -2.13. The van der Waals surface area contributed by atoms with E-state index < -0.39 is 0 Å². The van der Waals surface area contributed by atoms with Crippen LogP contribution in [-0.2, 0) is 0 Å². The number of anilines is 1. The lowest BCUT2D eigenvalue weighted by molar-refractivity contribution is 0.102. The quantitative estimate of drug-likeness (QED) is 0.884. The lowest BCUT2D eigenvalue weighted by Gasteiger charge is -2.09. The molecule has 1 amide bonds. The second kappa shape index (κ2) is 6.29. The third-order valence-electron chi connectivity index (χ3n) is 3.13. The van der Waals surface area contributed by atoms with Crippen LogP contribution >= 0.6 is 27.3 Å². The van der Waals surface area contributed by atoms with Crippen molar-refractivity contribution >= 4 is 38.2 Å². The first kappa shape index (κ1) is 15.5. The van der Waals surface area contributed by atoms with E-state index in [9.17, 15) is 10.1 Å². The summed E-state index contributed by atoms with van der Waals surface area (Å²) in [4.78, 5) is 13.4. The van der Waals surface area contributed by atoms with Crippen molar-refractivity contribution in [3.8, 4) is 11.8 Å².